The van der Waals surface area contributed by atoms with Crippen molar-refractivity contribution in [3.8, 4) is 0 Å². The second-order valence-electron chi connectivity index (χ2n) is 18.7. The first-order valence-corrected chi connectivity index (χ1v) is 28.6. The molecule has 0 atom stereocenters. The Morgan fingerprint density at radius 3 is 0.787 bits per heavy atom. The average molecular weight is 939 g/mol. The van der Waals surface area contributed by atoms with Crippen molar-refractivity contribution >= 4 is 0 Å². The second-order valence-corrected chi connectivity index (χ2v) is 22.5. The van der Waals surface area contributed by atoms with Gasteiger partial charge in [0.1, 0.15) is 13.1 Å². The standard InChI is InChI=1S/2C25H46N.2Cr.2H2O.5O/c2*1-4-5-6-7-8-9-10-11-12-13-14-15-16-20-23-26(2,3)24-25-21-18-17-19-22-25;;;;;;;;;/h2*17-19,21-22H,4-16,20,23-24H2,1-3H3;;;2*1H2;;;;;/q4*+1;;;;;;;/p-2. The van der Waals surface area contributed by atoms with Gasteiger partial charge in [0.05, 0.1) is 41.3 Å². The van der Waals surface area contributed by atoms with Gasteiger partial charge >= 0.3 is 53.6 Å². The van der Waals surface area contributed by atoms with Crippen molar-refractivity contribution in [1.29, 1.82) is 0 Å². The SMILES string of the molecule is CCCCCCCCCCCCCCCC[N+](C)(C)Cc1ccccc1.CCCCCCCCCCCCCCCC[N+](C)(C)Cc1ccccc1.[O]=[Cr](=[O])([OH])[O][Cr](=[O])(=[O])[OH]. The molecule has 2 aromatic rings. The minimum absolute atomic E-state index is 1.11. The van der Waals surface area contributed by atoms with Crippen LogP contribution in [-0.4, -0.2) is 58.6 Å². The van der Waals surface area contributed by atoms with E-state index in [1.807, 2.05) is 0 Å². The van der Waals surface area contributed by atoms with Gasteiger partial charge in [0, 0.05) is 11.1 Å². The summed E-state index contributed by atoms with van der Waals surface area (Å²) in [4.78, 5) is 0. The van der Waals surface area contributed by atoms with E-state index in [1.165, 1.54) is 204 Å². The Morgan fingerprint density at radius 1 is 0.377 bits per heavy atom. The molecule has 0 amide bonds. The van der Waals surface area contributed by atoms with Crippen LogP contribution < -0.4 is 0 Å². The molecule has 0 aromatic heterocycles. The van der Waals surface area contributed by atoms with Crippen LogP contribution in [0.15, 0.2) is 60.7 Å². The minimum atomic E-state index is -5.76. The molecule has 0 aliphatic heterocycles. The van der Waals surface area contributed by atoms with Crippen LogP contribution >= 0.6 is 0 Å². The van der Waals surface area contributed by atoms with Crippen LogP contribution in [0.4, 0.5) is 0 Å². The molecule has 0 spiro atoms. The quantitative estimate of drug-likeness (QED) is 0.0516. The van der Waals surface area contributed by atoms with E-state index in [-0.39, 0.29) is 0 Å². The average Bonchev–Trinajstić information content (AvgIpc) is 3.17. The van der Waals surface area contributed by atoms with Crippen LogP contribution in [0, 0.1) is 0 Å². The summed E-state index contributed by atoms with van der Waals surface area (Å²) in [5.41, 5.74) is 2.92. The predicted octanol–water partition coefficient (Wildman–Crippen LogP) is 13.8. The normalized spacial score (nSPS) is 12.1. The molecule has 0 aliphatic rings. The van der Waals surface area contributed by atoms with Crippen LogP contribution in [0.2, 0.25) is 0 Å². The Bertz CT molecular complexity index is 1360. The zero-order chi connectivity index (χ0) is 45.6. The molecule has 9 nitrogen and oxygen atoms in total. The van der Waals surface area contributed by atoms with Crippen molar-refractivity contribution < 1.29 is 62.6 Å². The van der Waals surface area contributed by atoms with Crippen molar-refractivity contribution in [2.75, 3.05) is 41.3 Å². The first kappa shape index (κ1) is 59.5. The van der Waals surface area contributed by atoms with E-state index in [9.17, 15) is 15.2 Å². The van der Waals surface area contributed by atoms with Crippen molar-refractivity contribution in [2.24, 2.45) is 0 Å². The number of rotatable bonds is 36. The fourth-order valence-corrected chi connectivity index (χ4v) is 9.63. The molecule has 2 rings (SSSR count). The monoisotopic (exact) mass is 939 g/mol. The summed E-state index contributed by atoms with van der Waals surface area (Å²) in [6.45, 7) is 9.49. The van der Waals surface area contributed by atoms with Gasteiger partial charge in [0.15, 0.2) is 0 Å². The van der Waals surface area contributed by atoms with Gasteiger partial charge in [0.2, 0.25) is 0 Å². The summed E-state index contributed by atoms with van der Waals surface area (Å²) >= 11 is -11.5. The fourth-order valence-electron chi connectivity index (χ4n) is 7.89. The fraction of sp³-hybridized carbons (Fsp3) is 0.760. The number of unbranched alkanes of at least 4 members (excludes halogenated alkanes) is 26. The zero-order valence-corrected chi connectivity index (χ0v) is 42.6. The molecule has 0 saturated heterocycles. The van der Waals surface area contributed by atoms with Gasteiger partial charge in [-0.15, -0.1) is 0 Å². The van der Waals surface area contributed by atoms with Crippen LogP contribution in [0.5, 0.6) is 0 Å². The van der Waals surface area contributed by atoms with Crippen LogP contribution in [0.25, 0.3) is 0 Å². The molecule has 2 N–H and O–H groups in total. The number of hydrogen-bond donors (Lipinski definition) is 2. The van der Waals surface area contributed by atoms with Gasteiger partial charge < -0.3 is 8.97 Å². The van der Waals surface area contributed by atoms with Crippen LogP contribution in [-0.2, 0) is 58.4 Å². The first-order valence-electron chi connectivity index (χ1n) is 24.4. The number of nitrogens with zero attached hydrogens (tertiary/aromatic N) is 2. The van der Waals surface area contributed by atoms with Crippen molar-refractivity contribution in [2.45, 2.75) is 207 Å². The molecule has 356 valence electrons. The molecule has 0 radical (unpaired) electrons. The molecule has 0 fully saturated rings. The van der Waals surface area contributed by atoms with E-state index < -0.39 is 27.2 Å². The molecular weight excluding hydrogens is 845 g/mol. The molecule has 0 aliphatic carbocycles. The van der Waals surface area contributed by atoms with Crippen molar-refractivity contribution in [1.82, 2.24) is 0 Å². The molecule has 11 heteroatoms. The third-order valence-electron chi connectivity index (χ3n) is 11.3. The van der Waals surface area contributed by atoms with Gasteiger partial charge in [-0.25, -0.2) is 0 Å². The van der Waals surface area contributed by atoms with E-state index in [0.29, 0.717) is 0 Å². The third-order valence-corrected chi connectivity index (χ3v) is 14.1. The summed E-state index contributed by atoms with van der Waals surface area (Å²) < 4.78 is 58.5. The molecule has 0 saturated carbocycles. The Morgan fingerprint density at radius 2 is 0.590 bits per heavy atom. The van der Waals surface area contributed by atoms with Gasteiger partial charge in [-0.2, -0.15) is 0 Å². The van der Waals surface area contributed by atoms with Gasteiger partial charge in [-0.05, 0) is 25.7 Å². The second kappa shape index (κ2) is 37.8. The van der Waals surface area contributed by atoms with E-state index >= 15 is 0 Å². The van der Waals surface area contributed by atoms with Gasteiger partial charge in [0.25, 0.3) is 0 Å². The Labute approximate surface area is 380 Å². The summed E-state index contributed by atoms with van der Waals surface area (Å²) in [5.74, 6) is 0. The van der Waals surface area contributed by atoms with Crippen molar-refractivity contribution in [3.05, 3.63) is 71.8 Å². The summed E-state index contributed by atoms with van der Waals surface area (Å²) in [7, 11) is 9.48. The first-order chi connectivity index (χ1) is 29.0. The van der Waals surface area contributed by atoms with Gasteiger partial charge in [-0.1, -0.05) is 229 Å². The maximum atomic E-state index is 9.53. The maximum absolute atomic E-state index is 9.53. The Hall–Kier alpha value is -1.50. The molecular formula is C50H94Cr2N2O7+2. The van der Waals surface area contributed by atoms with E-state index in [4.69, 9.17) is 8.32 Å². The summed E-state index contributed by atoms with van der Waals surface area (Å²) in [5, 5.41) is 0. The van der Waals surface area contributed by atoms with Gasteiger partial charge in [-0.3, -0.25) is 0 Å². The molecule has 0 unspecified atom stereocenters. The number of quaternary nitrogens is 2. The van der Waals surface area contributed by atoms with E-state index in [1.54, 1.807) is 0 Å². The Balaban J connectivity index is 0.000000984. The molecule has 2 aromatic carbocycles. The van der Waals surface area contributed by atoms with E-state index in [2.05, 4.69) is 106 Å². The van der Waals surface area contributed by atoms with E-state index in [0.717, 1.165) is 22.1 Å². The van der Waals surface area contributed by atoms with Crippen LogP contribution in [0.1, 0.15) is 205 Å². The van der Waals surface area contributed by atoms with Crippen LogP contribution in [0.3, 0.4) is 0 Å². The molecule has 0 heterocycles. The molecule has 61 heavy (non-hydrogen) atoms. The topological polar surface area (TPSA) is 118 Å². The molecule has 0 bridgehead atoms. The summed E-state index contributed by atoms with van der Waals surface area (Å²) in [6, 6.07) is 21.9. The Kier molecular flexibility index (Phi) is 36.9. The third kappa shape index (κ3) is 44.9. The summed E-state index contributed by atoms with van der Waals surface area (Å²) in [6.07, 6.45) is 40.4. The number of hydrogen-bond acceptors (Lipinski definition) is 5. The van der Waals surface area contributed by atoms with Crippen molar-refractivity contribution in [3.63, 3.8) is 0 Å². The zero-order valence-electron chi connectivity index (χ0n) is 40.0. The number of benzene rings is 2. The predicted molar refractivity (Wildman–Crippen MR) is 243 cm³/mol.